The number of carboxylic acids is 1. The van der Waals surface area contributed by atoms with E-state index in [-0.39, 0.29) is 11.7 Å². The van der Waals surface area contributed by atoms with E-state index in [1.165, 1.54) is 13.1 Å². The van der Waals surface area contributed by atoms with Gasteiger partial charge in [-0.05, 0) is 27.2 Å². The van der Waals surface area contributed by atoms with Crippen LogP contribution < -0.4 is 10.6 Å². The summed E-state index contributed by atoms with van der Waals surface area (Å²) in [6.45, 7) is 6.35. The minimum atomic E-state index is -1.16. The molecule has 0 fully saturated rings. The number of carbonyl (C=O) groups excluding carboxylic acids is 1. The molecule has 1 unspecified atom stereocenters. The molecule has 0 aromatic rings. The van der Waals surface area contributed by atoms with Gasteiger partial charge in [0.1, 0.15) is 17.7 Å². The first-order valence-electron chi connectivity index (χ1n) is 6.37. The summed E-state index contributed by atoms with van der Waals surface area (Å²) < 4.78 is 5.33. The summed E-state index contributed by atoms with van der Waals surface area (Å²) >= 11 is 0. The third kappa shape index (κ3) is 8.11. The van der Waals surface area contributed by atoms with Crippen LogP contribution in [0.1, 0.15) is 27.2 Å². The first kappa shape index (κ1) is 17.9. The molecule has 1 atom stereocenters. The van der Waals surface area contributed by atoms with Crippen LogP contribution in [0.15, 0.2) is 11.8 Å². The van der Waals surface area contributed by atoms with E-state index in [1.807, 2.05) is 13.8 Å². The summed E-state index contributed by atoms with van der Waals surface area (Å²) in [5, 5.41) is 22.5. The molecule has 0 radical (unpaired) electrons. The van der Waals surface area contributed by atoms with E-state index < -0.39 is 17.9 Å². The highest BCUT2D eigenvalue weighted by Crippen LogP contribution is 1.94. The van der Waals surface area contributed by atoms with Crippen molar-refractivity contribution in [2.45, 2.75) is 39.3 Å². The number of hydrogen-bond donors (Lipinski definition) is 3. The van der Waals surface area contributed by atoms with Gasteiger partial charge in [0.15, 0.2) is 0 Å². The van der Waals surface area contributed by atoms with Gasteiger partial charge in [-0.1, -0.05) is 0 Å². The zero-order valence-electron chi connectivity index (χ0n) is 12.0. The number of hydrogen-bond acceptors (Lipinski definition) is 5. The van der Waals surface area contributed by atoms with Crippen LogP contribution in [0.3, 0.4) is 0 Å². The number of nitrogens with zero attached hydrogens (tertiary/aromatic N) is 1. The highest BCUT2D eigenvalue weighted by Gasteiger charge is 2.16. The fraction of sp³-hybridized carbons (Fsp3) is 0.615. The van der Waals surface area contributed by atoms with Crippen molar-refractivity contribution in [3.63, 3.8) is 0 Å². The number of nitriles is 1. The quantitative estimate of drug-likeness (QED) is 0.320. The van der Waals surface area contributed by atoms with Gasteiger partial charge in [0.05, 0.1) is 6.10 Å². The number of nitrogens with one attached hydrogen (secondary N) is 2. The van der Waals surface area contributed by atoms with E-state index in [4.69, 9.17) is 15.1 Å². The summed E-state index contributed by atoms with van der Waals surface area (Å²) in [5.74, 6) is -1.87. The summed E-state index contributed by atoms with van der Waals surface area (Å²) in [6.07, 6.45) is 2.18. The first-order valence-corrected chi connectivity index (χ1v) is 6.37. The van der Waals surface area contributed by atoms with Gasteiger partial charge < -0.3 is 20.5 Å². The maximum Gasteiger partial charge on any atom is 0.325 e. The molecule has 0 heterocycles. The summed E-state index contributed by atoms with van der Waals surface area (Å²) in [7, 11) is 0. The Labute approximate surface area is 118 Å². The normalized spacial score (nSPS) is 12.7. The van der Waals surface area contributed by atoms with Crippen molar-refractivity contribution >= 4 is 11.9 Å². The second-order valence-electron chi connectivity index (χ2n) is 4.43. The number of ether oxygens (including phenoxy) is 1. The zero-order valence-corrected chi connectivity index (χ0v) is 12.0. The Morgan fingerprint density at radius 3 is 2.55 bits per heavy atom. The molecular formula is C13H21N3O4. The van der Waals surface area contributed by atoms with Crippen molar-refractivity contribution in [1.29, 1.82) is 5.26 Å². The standard InChI is InChI=1S/C13H21N3O4/c1-9(2)20-6-4-5-15-8-11(7-14)12(17)16-10(3)13(18)19/h8-10,15H,4-6H2,1-3H3,(H,16,17)(H,18,19)/b11-8-. The summed E-state index contributed by atoms with van der Waals surface area (Å²) in [4.78, 5) is 22.2. The van der Waals surface area contributed by atoms with Crippen molar-refractivity contribution in [1.82, 2.24) is 10.6 Å². The molecule has 3 N–H and O–H groups in total. The molecule has 0 bridgehead atoms. The van der Waals surface area contributed by atoms with Crippen molar-refractivity contribution in [2.24, 2.45) is 0 Å². The molecular weight excluding hydrogens is 262 g/mol. The Kier molecular flexibility index (Phi) is 8.79. The maximum atomic E-state index is 11.6. The fourth-order valence-corrected chi connectivity index (χ4v) is 1.15. The Balaban J connectivity index is 4.12. The summed E-state index contributed by atoms with van der Waals surface area (Å²) in [5.41, 5.74) is -0.164. The summed E-state index contributed by atoms with van der Waals surface area (Å²) in [6, 6.07) is 0.675. The first-order chi connectivity index (χ1) is 9.38. The van der Waals surface area contributed by atoms with Crippen molar-refractivity contribution in [2.75, 3.05) is 13.2 Å². The molecule has 0 spiro atoms. The molecule has 0 rings (SSSR count). The van der Waals surface area contributed by atoms with Gasteiger partial charge in [0.25, 0.3) is 5.91 Å². The van der Waals surface area contributed by atoms with Crippen LogP contribution in [0.5, 0.6) is 0 Å². The Hall–Kier alpha value is -2.07. The van der Waals surface area contributed by atoms with Crippen LogP contribution in [-0.2, 0) is 14.3 Å². The number of amides is 1. The minimum absolute atomic E-state index is 0.164. The maximum absolute atomic E-state index is 11.6. The third-order valence-corrected chi connectivity index (χ3v) is 2.25. The zero-order chi connectivity index (χ0) is 15.5. The average Bonchev–Trinajstić information content (AvgIpc) is 2.37. The predicted octanol–water partition coefficient (Wildman–Crippen LogP) is 0.388. The molecule has 0 saturated heterocycles. The highest BCUT2D eigenvalue weighted by atomic mass is 16.5. The molecule has 0 aromatic heterocycles. The van der Waals surface area contributed by atoms with Crippen LogP contribution in [0.2, 0.25) is 0 Å². The molecule has 20 heavy (non-hydrogen) atoms. The predicted molar refractivity (Wildman–Crippen MR) is 72.6 cm³/mol. The molecule has 7 nitrogen and oxygen atoms in total. The van der Waals surface area contributed by atoms with Crippen LogP contribution in [0.25, 0.3) is 0 Å². The SMILES string of the molecule is CC(C)OCCCN/C=C(/C#N)C(=O)NC(C)C(=O)O. The van der Waals surface area contributed by atoms with Gasteiger partial charge in [-0.2, -0.15) is 5.26 Å². The number of carbonyl (C=O) groups is 2. The van der Waals surface area contributed by atoms with Crippen LogP contribution in [-0.4, -0.2) is 42.3 Å². The van der Waals surface area contributed by atoms with E-state index >= 15 is 0 Å². The van der Waals surface area contributed by atoms with Gasteiger partial charge in [-0.25, -0.2) is 0 Å². The van der Waals surface area contributed by atoms with Gasteiger partial charge in [0.2, 0.25) is 0 Å². The Bertz CT molecular complexity index is 399. The van der Waals surface area contributed by atoms with Crippen molar-refractivity contribution < 1.29 is 19.4 Å². The van der Waals surface area contributed by atoms with Crippen molar-refractivity contribution in [3.8, 4) is 6.07 Å². The molecule has 1 amide bonds. The monoisotopic (exact) mass is 283 g/mol. The van der Waals surface area contributed by atoms with E-state index in [2.05, 4.69) is 10.6 Å². The van der Waals surface area contributed by atoms with Gasteiger partial charge in [0, 0.05) is 19.4 Å². The van der Waals surface area contributed by atoms with Crippen molar-refractivity contribution in [3.05, 3.63) is 11.8 Å². The lowest BCUT2D eigenvalue weighted by molar-refractivity contribution is -0.140. The molecule has 0 aliphatic carbocycles. The molecule has 0 saturated carbocycles. The molecule has 0 aliphatic rings. The van der Waals surface area contributed by atoms with E-state index in [0.717, 1.165) is 6.42 Å². The smallest absolute Gasteiger partial charge is 0.325 e. The fourth-order valence-electron chi connectivity index (χ4n) is 1.15. The van der Waals surface area contributed by atoms with E-state index in [0.29, 0.717) is 13.2 Å². The van der Waals surface area contributed by atoms with Gasteiger partial charge in [-0.15, -0.1) is 0 Å². The molecule has 112 valence electrons. The van der Waals surface area contributed by atoms with Gasteiger partial charge in [-0.3, -0.25) is 9.59 Å². The number of carboxylic acid groups (broad SMARTS) is 1. The Morgan fingerprint density at radius 1 is 1.40 bits per heavy atom. The van der Waals surface area contributed by atoms with E-state index in [1.54, 1.807) is 6.07 Å². The molecule has 0 aromatic carbocycles. The van der Waals surface area contributed by atoms with Crippen LogP contribution in [0, 0.1) is 11.3 Å². The largest absolute Gasteiger partial charge is 0.480 e. The Morgan fingerprint density at radius 2 is 2.05 bits per heavy atom. The number of aliphatic carboxylic acids is 1. The number of rotatable bonds is 9. The topological polar surface area (TPSA) is 111 Å². The second-order valence-corrected chi connectivity index (χ2v) is 4.43. The molecule has 7 heteroatoms. The van der Waals surface area contributed by atoms with Crippen LogP contribution in [0.4, 0.5) is 0 Å². The minimum Gasteiger partial charge on any atom is -0.480 e. The third-order valence-electron chi connectivity index (χ3n) is 2.25. The van der Waals surface area contributed by atoms with E-state index in [9.17, 15) is 9.59 Å². The average molecular weight is 283 g/mol. The van der Waals surface area contributed by atoms with Crippen LogP contribution >= 0.6 is 0 Å². The van der Waals surface area contributed by atoms with Gasteiger partial charge >= 0.3 is 5.97 Å². The highest BCUT2D eigenvalue weighted by molar-refractivity contribution is 5.98. The lowest BCUT2D eigenvalue weighted by Crippen LogP contribution is -2.39. The lowest BCUT2D eigenvalue weighted by Gasteiger charge is -2.09. The molecule has 0 aliphatic heterocycles. The second kappa shape index (κ2) is 9.81. The lowest BCUT2D eigenvalue weighted by atomic mass is 10.2.